The van der Waals surface area contributed by atoms with Crippen LogP contribution in [0.2, 0.25) is 0 Å². The van der Waals surface area contributed by atoms with E-state index < -0.39 is 0 Å². The van der Waals surface area contributed by atoms with Crippen molar-refractivity contribution in [2.45, 2.75) is 71.6 Å². The lowest BCUT2D eigenvalue weighted by Gasteiger charge is -2.56. The predicted octanol–water partition coefficient (Wildman–Crippen LogP) is 4.60. The number of Topliss-reactive ketones (excluding diaryl/α,β-unsaturated/α-hetero) is 1. The zero-order valence-corrected chi connectivity index (χ0v) is 12.6. The highest BCUT2D eigenvalue weighted by molar-refractivity contribution is 5.82. The second-order valence-electron chi connectivity index (χ2n) is 8.66. The number of carbonyl (C=O) groups excluding carboxylic acids is 1. The molecule has 6 atom stereocenters. The summed E-state index contributed by atoms with van der Waals surface area (Å²) >= 11 is 0. The number of hydrogen-bond donors (Lipinski definition) is 0. The van der Waals surface area contributed by atoms with Crippen molar-refractivity contribution in [1.29, 1.82) is 0 Å². The zero-order chi connectivity index (χ0) is 13.3. The number of ketones is 1. The molecule has 0 aromatic carbocycles. The Labute approximate surface area is 117 Å². The first-order valence-electron chi connectivity index (χ1n) is 8.55. The zero-order valence-electron chi connectivity index (χ0n) is 12.6. The van der Waals surface area contributed by atoms with Crippen LogP contribution in [0.1, 0.15) is 71.6 Å². The first-order valence-corrected chi connectivity index (χ1v) is 8.55. The van der Waals surface area contributed by atoms with Crippen molar-refractivity contribution in [2.24, 2.45) is 34.5 Å². The van der Waals surface area contributed by atoms with Gasteiger partial charge in [0.05, 0.1) is 0 Å². The van der Waals surface area contributed by atoms with Crippen molar-refractivity contribution in [3.63, 3.8) is 0 Å². The molecule has 4 saturated carbocycles. The summed E-state index contributed by atoms with van der Waals surface area (Å²) in [5.74, 6) is 4.10. The smallest absolute Gasteiger partial charge is 0.133 e. The average Bonchev–Trinajstić information content (AvgIpc) is 2.87. The van der Waals surface area contributed by atoms with E-state index in [0.29, 0.717) is 16.6 Å². The molecular formula is C18H28O. The molecular weight excluding hydrogens is 232 g/mol. The molecule has 0 aliphatic heterocycles. The molecule has 0 amide bonds. The molecule has 0 bridgehead atoms. The molecule has 0 aromatic heterocycles. The molecule has 4 aliphatic carbocycles. The average molecular weight is 260 g/mol. The quantitative estimate of drug-likeness (QED) is 0.622. The Morgan fingerprint density at radius 3 is 2.68 bits per heavy atom. The van der Waals surface area contributed by atoms with E-state index in [9.17, 15) is 4.79 Å². The van der Waals surface area contributed by atoms with Crippen LogP contribution < -0.4 is 0 Å². The standard InChI is InChI=1S/C18H28O/c1-17-8-3-4-15(17)14-6-5-12-10-13(19)11-18(12,2)16(14)7-9-17/h12,14-16H,3-11H2,1-2H3/t12-,14-,15+,16-,17+,18+/m0/s1. The van der Waals surface area contributed by atoms with E-state index in [1.165, 1.54) is 44.9 Å². The van der Waals surface area contributed by atoms with Gasteiger partial charge in [-0.05, 0) is 73.0 Å². The summed E-state index contributed by atoms with van der Waals surface area (Å²) in [6.07, 6.45) is 11.8. The van der Waals surface area contributed by atoms with Crippen LogP contribution in [0, 0.1) is 34.5 Å². The fraction of sp³-hybridized carbons (Fsp3) is 0.944. The molecule has 0 saturated heterocycles. The predicted molar refractivity (Wildman–Crippen MR) is 76.7 cm³/mol. The molecule has 0 radical (unpaired) electrons. The molecule has 0 spiro atoms. The second-order valence-corrected chi connectivity index (χ2v) is 8.66. The van der Waals surface area contributed by atoms with Crippen molar-refractivity contribution in [3.05, 3.63) is 0 Å². The van der Waals surface area contributed by atoms with E-state index >= 15 is 0 Å². The molecule has 19 heavy (non-hydrogen) atoms. The molecule has 0 heterocycles. The van der Waals surface area contributed by atoms with Gasteiger partial charge in [-0.3, -0.25) is 4.79 Å². The van der Waals surface area contributed by atoms with Crippen LogP contribution in [0.5, 0.6) is 0 Å². The number of rotatable bonds is 0. The maximum Gasteiger partial charge on any atom is 0.133 e. The lowest BCUT2D eigenvalue weighted by atomic mass is 9.48. The third-order valence-electron chi connectivity index (χ3n) is 7.90. The summed E-state index contributed by atoms with van der Waals surface area (Å²) in [5.41, 5.74) is 1.04. The van der Waals surface area contributed by atoms with Gasteiger partial charge in [0.1, 0.15) is 5.78 Å². The van der Waals surface area contributed by atoms with Gasteiger partial charge in [0.25, 0.3) is 0 Å². The van der Waals surface area contributed by atoms with Gasteiger partial charge in [0.2, 0.25) is 0 Å². The molecule has 0 unspecified atom stereocenters. The Bertz CT molecular complexity index is 414. The van der Waals surface area contributed by atoms with Crippen LogP contribution in [0.3, 0.4) is 0 Å². The van der Waals surface area contributed by atoms with Crippen molar-refractivity contribution < 1.29 is 4.79 Å². The maximum atomic E-state index is 12.0. The highest BCUT2D eigenvalue weighted by Crippen LogP contribution is 2.66. The lowest BCUT2D eigenvalue weighted by molar-refractivity contribution is -0.118. The van der Waals surface area contributed by atoms with Crippen molar-refractivity contribution in [2.75, 3.05) is 0 Å². The SMILES string of the molecule is C[C@]12CCC[C@@H]1[C@@H]1CC[C@H]3CC(=O)C[C@@]3(C)[C@H]1CC2. The van der Waals surface area contributed by atoms with Crippen LogP contribution in [0.15, 0.2) is 0 Å². The van der Waals surface area contributed by atoms with Crippen molar-refractivity contribution >= 4 is 5.78 Å². The van der Waals surface area contributed by atoms with E-state index in [1.54, 1.807) is 0 Å². The summed E-state index contributed by atoms with van der Waals surface area (Å²) in [7, 11) is 0. The molecule has 0 aromatic rings. The summed E-state index contributed by atoms with van der Waals surface area (Å²) in [4.78, 5) is 12.0. The van der Waals surface area contributed by atoms with Gasteiger partial charge in [-0.2, -0.15) is 0 Å². The van der Waals surface area contributed by atoms with E-state index in [0.717, 1.165) is 36.5 Å². The van der Waals surface area contributed by atoms with Crippen LogP contribution >= 0.6 is 0 Å². The summed E-state index contributed by atoms with van der Waals surface area (Å²) < 4.78 is 0. The van der Waals surface area contributed by atoms with Gasteiger partial charge < -0.3 is 0 Å². The van der Waals surface area contributed by atoms with Gasteiger partial charge in [-0.15, -0.1) is 0 Å². The van der Waals surface area contributed by atoms with E-state index in [-0.39, 0.29) is 0 Å². The molecule has 1 nitrogen and oxygen atoms in total. The minimum absolute atomic E-state index is 0.379. The van der Waals surface area contributed by atoms with Crippen LogP contribution in [0.25, 0.3) is 0 Å². The Balaban J connectivity index is 1.67. The van der Waals surface area contributed by atoms with E-state index in [4.69, 9.17) is 0 Å². The third-order valence-corrected chi connectivity index (χ3v) is 7.90. The van der Waals surface area contributed by atoms with Crippen LogP contribution in [0.4, 0.5) is 0 Å². The van der Waals surface area contributed by atoms with Crippen LogP contribution in [-0.4, -0.2) is 5.78 Å². The van der Waals surface area contributed by atoms with Gasteiger partial charge in [-0.1, -0.05) is 20.3 Å². The van der Waals surface area contributed by atoms with Gasteiger partial charge in [0, 0.05) is 12.8 Å². The molecule has 4 rings (SSSR count). The second kappa shape index (κ2) is 3.86. The first-order chi connectivity index (χ1) is 9.03. The molecule has 106 valence electrons. The monoisotopic (exact) mass is 260 g/mol. The fourth-order valence-electron chi connectivity index (χ4n) is 6.91. The highest BCUT2D eigenvalue weighted by Gasteiger charge is 2.59. The summed E-state index contributed by atoms with van der Waals surface area (Å²) in [6, 6.07) is 0. The van der Waals surface area contributed by atoms with Gasteiger partial charge >= 0.3 is 0 Å². The molecule has 0 N–H and O–H groups in total. The normalized spacial score (nSPS) is 56.6. The molecule has 1 heteroatoms. The Kier molecular flexibility index (Phi) is 2.52. The minimum Gasteiger partial charge on any atom is -0.300 e. The Morgan fingerprint density at radius 2 is 1.84 bits per heavy atom. The molecule has 4 aliphatic rings. The third kappa shape index (κ3) is 1.56. The topological polar surface area (TPSA) is 17.1 Å². The maximum absolute atomic E-state index is 12.0. The van der Waals surface area contributed by atoms with Gasteiger partial charge in [0.15, 0.2) is 0 Å². The van der Waals surface area contributed by atoms with Gasteiger partial charge in [-0.25, -0.2) is 0 Å². The lowest BCUT2D eigenvalue weighted by Crippen LogP contribution is -2.49. The highest BCUT2D eigenvalue weighted by atomic mass is 16.1. The van der Waals surface area contributed by atoms with E-state index in [1.807, 2.05) is 0 Å². The Hall–Kier alpha value is -0.330. The number of fused-ring (bicyclic) bond motifs is 5. The van der Waals surface area contributed by atoms with Crippen molar-refractivity contribution in [1.82, 2.24) is 0 Å². The minimum atomic E-state index is 0.379. The first kappa shape index (κ1) is 12.4. The molecule has 4 fully saturated rings. The Morgan fingerprint density at radius 1 is 1.00 bits per heavy atom. The van der Waals surface area contributed by atoms with Crippen molar-refractivity contribution in [3.8, 4) is 0 Å². The van der Waals surface area contributed by atoms with E-state index in [2.05, 4.69) is 13.8 Å². The largest absolute Gasteiger partial charge is 0.300 e. The number of hydrogen-bond acceptors (Lipinski definition) is 1. The number of carbonyl (C=O) groups is 1. The van der Waals surface area contributed by atoms with Crippen LogP contribution in [-0.2, 0) is 4.79 Å². The summed E-state index contributed by atoms with van der Waals surface area (Å²) in [6.45, 7) is 5.03. The fourth-order valence-corrected chi connectivity index (χ4v) is 6.91. The summed E-state index contributed by atoms with van der Waals surface area (Å²) in [5, 5.41) is 0.